The highest BCUT2D eigenvalue weighted by atomic mass is 16.2. The first kappa shape index (κ1) is 28.5. The Labute approximate surface area is 199 Å². The highest BCUT2D eigenvalue weighted by molar-refractivity contribution is 6.00. The number of amides is 1. The molecule has 3 unspecified atom stereocenters. The van der Waals surface area contributed by atoms with Crippen LogP contribution in [0.15, 0.2) is 47.1 Å². The van der Waals surface area contributed by atoms with E-state index in [0.717, 1.165) is 18.4 Å². The van der Waals surface area contributed by atoms with Crippen molar-refractivity contribution in [2.45, 2.75) is 131 Å². The molecule has 32 heavy (non-hydrogen) atoms. The highest BCUT2D eigenvalue weighted by Crippen LogP contribution is 2.39. The van der Waals surface area contributed by atoms with Crippen LogP contribution in [-0.4, -0.2) is 22.9 Å². The summed E-state index contributed by atoms with van der Waals surface area (Å²) in [5, 5.41) is 0. The van der Waals surface area contributed by atoms with Crippen molar-refractivity contribution in [3.63, 3.8) is 0 Å². The molecule has 2 aliphatic rings. The smallest absolute Gasteiger partial charge is 0.254 e. The Balaban J connectivity index is 0.00000249. The number of rotatable bonds is 13. The van der Waals surface area contributed by atoms with E-state index in [1.807, 2.05) is 26.8 Å². The lowest BCUT2D eigenvalue weighted by Gasteiger charge is -2.44. The Morgan fingerprint density at radius 1 is 0.938 bits per heavy atom. The largest absolute Gasteiger partial charge is 0.329 e. The molecular weight excluding hydrogens is 390 g/mol. The van der Waals surface area contributed by atoms with Crippen LogP contribution in [0.3, 0.4) is 0 Å². The van der Waals surface area contributed by atoms with Gasteiger partial charge in [0.1, 0.15) is 0 Å². The van der Waals surface area contributed by atoms with Crippen LogP contribution in [-0.2, 0) is 4.79 Å². The van der Waals surface area contributed by atoms with E-state index in [2.05, 4.69) is 56.9 Å². The molecule has 0 saturated heterocycles. The Morgan fingerprint density at radius 3 is 2.06 bits per heavy atom. The molecule has 0 radical (unpaired) electrons. The summed E-state index contributed by atoms with van der Waals surface area (Å²) in [6.07, 6.45) is 24.5. The predicted octanol–water partition coefficient (Wildman–Crippen LogP) is 8.95. The van der Waals surface area contributed by atoms with Crippen molar-refractivity contribution in [3.05, 3.63) is 47.1 Å². The fourth-order valence-electron chi connectivity index (χ4n) is 5.14. The molecular formula is C30H51NO. The zero-order valence-corrected chi connectivity index (χ0v) is 22.3. The molecule has 0 aromatic heterocycles. The van der Waals surface area contributed by atoms with Crippen molar-refractivity contribution < 1.29 is 4.79 Å². The van der Waals surface area contributed by atoms with E-state index in [-0.39, 0.29) is 11.9 Å². The Kier molecular flexibility index (Phi) is 14.3. The molecule has 2 nitrogen and oxygen atoms in total. The highest BCUT2D eigenvalue weighted by Gasteiger charge is 2.39. The van der Waals surface area contributed by atoms with Crippen LogP contribution < -0.4 is 0 Å². The molecule has 0 aromatic carbocycles. The molecule has 182 valence electrons. The molecule has 1 aliphatic heterocycles. The molecule has 0 N–H and O–H groups in total. The third kappa shape index (κ3) is 7.78. The van der Waals surface area contributed by atoms with Gasteiger partial charge >= 0.3 is 0 Å². The van der Waals surface area contributed by atoms with Crippen LogP contribution in [0.1, 0.15) is 119 Å². The number of carbonyl (C=O) groups excluding carboxylic acids is 1. The van der Waals surface area contributed by atoms with Gasteiger partial charge in [-0.3, -0.25) is 4.79 Å². The fourth-order valence-corrected chi connectivity index (χ4v) is 5.14. The van der Waals surface area contributed by atoms with E-state index in [0.29, 0.717) is 12.0 Å². The maximum Gasteiger partial charge on any atom is 0.254 e. The van der Waals surface area contributed by atoms with Crippen LogP contribution in [0, 0.1) is 5.92 Å². The first-order valence-electron chi connectivity index (χ1n) is 13.6. The summed E-state index contributed by atoms with van der Waals surface area (Å²) < 4.78 is 0. The minimum absolute atomic E-state index is 0.167. The summed E-state index contributed by atoms with van der Waals surface area (Å²) in [6, 6.07) is 0.524. The quantitative estimate of drug-likeness (QED) is 0.261. The summed E-state index contributed by atoms with van der Waals surface area (Å²) >= 11 is 0. The summed E-state index contributed by atoms with van der Waals surface area (Å²) in [6.45, 7) is 15.0. The molecule has 0 aromatic rings. The van der Waals surface area contributed by atoms with Crippen LogP contribution in [0.25, 0.3) is 0 Å². The van der Waals surface area contributed by atoms with Gasteiger partial charge in [-0.15, -0.1) is 0 Å². The van der Waals surface area contributed by atoms with Gasteiger partial charge in [0.25, 0.3) is 5.91 Å². The SMILES string of the molecule is C/C=C\C1=C2C(=CC=CC2C)C(C)N(C(CCCCCC)CCCCCCC)C1=O.CC. The summed E-state index contributed by atoms with van der Waals surface area (Å²) in [7, 11) is 0. The fraction of sp³-hybridized carbons (Fsp3) is 0.700. The topological polar surface area (TPSA) is 20.3 Å². The van der Waals surface area contributed by atoms with Crippen molar-refractivity contribution in [1.29, 1.82) is 0 Å². The Morgan fingerprint density at radius 2 is 1.50 bits per heavy atom. The van der Waals surface area contributed by atoms with Crippen LogP contribution in [0.5, 0.6) is 0 Å². The second kappa shape index (κ2) is 16.1. The molecule has 0 spiro atoms. The van der Waals surface area contributed by atoms with Crippen molar-refractivity contribution in [1.82, 2.24) is 4.90 Å². The van der Waals surface area contributed by atoms with Crippen LogP contribution in [0.2, 0.25) is 0 Å². The maximum atomic E-state index is 13.8. The van der Waals surface area contributed by atoms with E-state index in [9.17, 15) is 4.79 Å². The van der Waals surface area contributed by atoms with Crippen molar-refractivity contribution in [2.75, 3.05) is 0 Å². The number of hydrogen-bond acceptors (Lipinski definition) is 1. The van der Waals surface area contributed by atoms with Gasteiger partial charge in [-0.05, 0) is 37.8 Å². The van der Waals surface area contributed by atoms with Crippen molar-refractivity contribution in [2.24, 2.45) is 5.92 Å². The van der Waals surface area contributed by atoms with E-state index < -0.39 is 0 Å². The van der Waals surface area contributed by atoms with Gasteiger partial charge in [0.2, 0.25) is 0 Å². The average molecular weight is 442 g/mol. The molecule has 0 fully saturated rings. The number of nitrogens with zero attached hydrogens (tertiary/aromatic N) is 1. The molecule has 1 amide bonds. The molecule has 0 bridgehead atoms. The van der Waals surface area contributed by atoms with E-state index in [1.165, 1.54) is 68.9 Å². The lowest BCUT2D eigenvalue weighted by atomic mass is 9.78. The maximum absolute atomic E-state index is 13.8. The third-order valence-electron chi connectivity index (χ3n) is 6.82. The molecule has 1 heterocycles. The number of unbranched alkanes of at least 4 members (excludes halogenated alkanes) is 7. The average Bonchev–Trinajstić information content (AvgIpc) is 2.80. The second-order valence-electron chi connectivity index (χ2n) is 9.22. The minimum atomic E-state index is 0.167. The molecule has 2 rings (SSSR count). The Hall–Kier alpha value is -1.57. The van der Waals surface area contributed by atoms with Gasteiger partial charge in [-0.1, -0.05) is 123 Å². The lowest BCUT2D eigenvalue weighted by Crippen LogP contribution is -2.51. The molecule has 2 heteroatoms. The van der Waals surface area contributed by atoms with E-state index in [4.69, 9.17) is 0 Å². The first-order valence-corrected chi connectivity index (χ1v) is 13.6. The zero-order valence-electron chi connectivity index (χ0n) is 22.3. The number of fused-ring (bicyclic) bond motifs is 1. The van der Waals surface area contributed by atoms with Gasteiger partial charge in [-0.25, -0.2) is 0 Å². The van der Waals surface area contributed by atoms with Crippen molar-refractivity contribution in [3.8, 4) is 0 Å². The Bertz CT molecular complexity index is 666. The van der Waals surface area contributed by atoms with Gasteiger partial charge in [0.05, 0.1) is 6.04 Å². The van der Waals surface area contributed by atoms with Gasteiger partial charge in [0.15, 0.2) is 0 Å². The van der Waals surface area contributed by atoms with Gasteiger partial charge in [0, 0.05) is 17.5 Å². The first-order chi connectivity index (χ1) is 15.6. The number of carbonyl (C=O) groups is 1. The normalized spacial score (nSPS) is 21.4. The van der Waals surface area contributed by atoms with E-state index in [1.54, 1.807) is 0 Å². The number of allylic oxidation sites excluding steroid dienone is 4. The standard InChI is InChI=1S/C28H45NO.C2H6/c1-6-9-11-13-15-20-24(19-14-12-10-7-2)29-23(5)25-21-16-18-22(4)27(25)26(17-8-3)28(29)30;1-2/h8,16-18,21-24H,6-7,9-15,19-20H2,1-5H3;1-2H3/b17-8-;. The lowest BCUT2D eigenvalue weighted by molar-refractivity contribution is -0.131. The number of hydrogen-bond donors (Lipinski definition) is 0. The summed E-state index contributed by atoms with van der Waals surface area (Å²) in [4.78, 5) is 16.0. The monoisotopic (exact) mass is 441 g/mol. The van der Waals surface area contributed by atoms with Gasteiger partial charge in [-0.2, -0.15) is 0 Å². The predicted molar refractivity (Wildman–Crippen MR) is 142 cm³/mol. The molecule has 0 saturated carbocycles. The van der Waals surface area contributed by atoms with Crippen molar-refractivity contribution >= 4 is 5.91 Å². The summed E-state index contributed by atoms with van der Waals surface area (Å²) in [5.41, 5.74) is 3.52. The minimum Gasteiger partial charge on any atom is -0.329 e. The zero-order chi connectivity index (χ0) is 23.9. The second-order valence-corrected chi connectivity index (χ2v) is 9.22. The van der Waals surface area contributed by atoms with E-state index >= 15 is 0 Å². The van der Waals surface area contributed by atoms with Crippen LogP contribution in [0.4, 0.5) is 0 Å². The van der Waals surface area contributed by atoms with Crippen LogP contribution >= 0.6 is 0 Å². The molecule has 1 aliphatic carbocycles. The van der Waals surface area contributed by atoms with Gasteiger partial charge < -0.3 is 4.90 Å². The third-order valence-corrected chi connectivity index (χ3v) is 6.82. The molecule has 3 atom stereocenters. The summed E-state index contributed by atoms with van der Waals surface area (Å²) in [5.74, 6) is 0.561.